The van der Waals surface area contributed by atoms with Crippen molar-refractivity contribution in [2.24, 2.45) is 4.99 Å². The minimum Gasteiger partial charge on any atom is -0.360 e. The van der Waals surface area contributed by atoms with Gasteiger partial charge in [0.1, 0.15) is 0 Å². The molecule has 3 rings (SSSR count). The molecule has 4 nitrogen and oxygen atoms in total. The van der Waals surface area contributed by atoms with Crippen molar-refractivity contribution < 1.29 is 0 Å². The molecule has 2 aromatic rings. The van der Waals surface area contributed by atoms with E-state index in [0.717, 1.165) is 38.7 Å². The average molecular weight is 361 g/mol. The molecule has 24 heavy (non-hydrogen) atoms. The summed E-state index contributed by atoms with van der Waals surface area (Å²) in [4.78, 5) is 10.6. The maximum Gasteiger partial charge on any atom is 0.194 e. The number of thiophene rings is 1. The Bertz CT molecular complexity index is 644. The van der Waals surface area contributed by atoms with E-state index >= 15 is 0 Å². The standard InChI is InChI=1S/C18H24N4S2/c1-19-18(20-14-15-5-7-16(23-2)8-6-15)22-11-9-21(10-12-22)17-4-3-13-24-17/h3-8,13H,9-12,14H2,1-2H3,(H,19,20). The van der Waals surface area contributed by atoms with E-state index in [9.17, 15) is 0 Å². The van der Waals surface area contributed by atoms with Gasteiger partial charge in [0.2, 0.25) is 0 Å². The SMILES string of the molecule is CN=C(NCc1ccc(SC)cc1)N1CCN(c2cccs2)CC1. The van der Waals surface area contributed by atoms with Crippen LogP contribution in [-0.2, 0) is 6.54 Å². The molecule has 1 fully saturated rings. The van der Waals surface area contributed by atoms with E-state index in [-0.39, 0.29) is 0 Å². The van der Waals surface area contributed by atoms with Crippen molar-refractivity contribution in [2.45, 2.75) is 11.4 Å². The number of benzene rings is 1. The van der Waals surface area contributed by atoms with E-state index in [2.05, 4.69) is 68.1 Å². The van der Waals surface area contributed by atoms with E-state index in [0.29, 0.717) is 0 Å². The highest BCUT2D eigenvalue weighted by Crippen LogP contribution is 2.22. The predicted molar refractivity (Wildman–Crippen MR) is 107 cm³/mol. The third-order valence-electron chi connectivity index (χ3n) is 4.22. The van der Waals surface area contributed by atoms with Crippen LogP contribution in [0.2, 0.25) is 0 Å². The van der Waals surface area contributed by atoms with E-state index < -0.39 is 0 Å². The smallest absolute Gasteiger partial charge is 0.194 e. The van der Waals surface area contributed by atoms with Gasteiger partial charge in [-0.3, -0.25) is 4.99 Å². The van der Waals surface area contributed by atoms with E-state index in [1.165, 1.54) is 15.5 Å². The third kappa shape index (κ3) is 4.24. The Morgan fingerprint density at radius 1 is 1.17 bits per heavy atom. The Kier molecular flexibility index (Phi) is 6.04. The summed E-state index contributed by atoms with van der Waals surface area (Å²) >= 11 is 3.59. The largest absolute Gasteiger partial charge is 0.360 e. The molecule has 128 valence electrons. The molecule has 1 aromatic heterocycles. The zero-order valence-electron chi connectivity index (χ0n) is 14.2. The molecule has 0 aliphatic carbocycles. The van der Waals surface area contributed by atoms with Crippen LogP contribution in [-0.4, -0.2) is 50.3 Å². The lowest BCUT2D eigenvalue weighted by Gasteiger charge is -2.37. The highest BCUT2D eigenvalue weighted by molar-refractivity contribution is 7.98. The molecule has 0 saturated carbocycles. The van der Waals surface area contributed by atoms with Gasteiger partial charge in [-0.1, -0.05) is 12.1 Å². The van der Waals surface area contributed by atoms with Crippen LogP contribution < -0.4 is 10.2 Å². The van der Waals surface area contributed by atoms with Gasteiger partial charge in [0.25, 0.3) is 0 Å². The van der Waals surface area contributed by atoms with Gasteiger partial charge in [0, 0.05) is 44.7 Å². The lowest BCUT2D eigenvalue weighted by molar-refractivity contribution is 0.373. The molecule has 6 heteroatoms. The van der Waals surface area contributed by atoms with Crippen LogP contribution in [0.25, 0.3) is 0 Å². The number of rotatable bonds is 4. The first-order valence-electron chi connectivity index (χ1n) is 8.17. The molecule has 1 N–H and O–H groups in total. The number of hydrogen-bond donors (Lipinski definition) is 1. The molecule has 0 bridgehead atoms. The first-order chi connectivity index (χ1) is 11.8. The molecule has 0 radical (unpaired) electrons. The number of nitrogens with one attached hydrogen (secondary N) is 1. The second-order valence-corrected chi connectivity index (χ2v) is 7.48. The van der Waals surface area contributed by atoms with Crippen LogP contribution in [0, 0.1) is 0 Å². The molecule has 1 saturated heterocycles. The maximum absolute atomic E-state index is 4.46. The van der Waals surface area contributed by atoms with Gasteiger partial charge >= 0.3 is 0 Å². The summed E-state index contributed by atoms with van der Waals surface area (Å²) in [5, 5.41) is 7.01. The lowest BCUT2D eigenvalue weighted by atomic mass is 10.2. The van der Waals surface area contributed by atoms with Crippen molar-refractivity contribution >= 4 is 34.1 Å². The fourth-order valence-corrected chi connectivity index (χ4v) is 4.04. The van der Waals surface area contributed by atoms with Crippen molar-refractivity contribution in [3.05, 3.63) is 47.3 Å². The predicted octanol–water partition coefficient (Wildman–Crippen LogP) is 3.37. The zero-order chi connectivity index (χ0) is 16.8. The van der Waals surface area contributed by atoms with Crippen LogP contribution >= 0.6 is 23.1 Å². The van der Waals surface area contributed by atoms with E-state index in [4.69, 9.17) is 0 Å². The fraction of sp³-hybridized carbons (Fsp3) is 0.389. The fourth-order valence-electron chi connectivity index (χ4n) is 2.85. The van der Waals surface area contributed by atoms with Crippen LogP contribution in [0.4, 0.5) is 5.00 Å². The molecular formula is C18H24N4S2. The Morgan fingerprint density at radius 3 is 2.50 bits per heavy atom. The summed E-state index contributed by atoms with van der Waals surface area (Å²) in [6.45, 7) is 4.91. The number of piperazine rings is 1. The number of nitrogens with zero attached hydrogens (tertiary/aromatic N) is 3. The quantitative estimate of drug-likeness (QED) is 0.514. The van der Waals surface area contributed by atoms with Crippen molar-refractivity contribution in [3.63, 3.8) is 0 Å². The normalized spacial score (nSPS) is 15.7. The Balaban J connectivity index is 1.51. The topological polar surface area (TPSA) is 30.9 Å². The van der Waals surface area contributed by atoms with E-state index in [1.807, 2.05) is 18.4 Å². The Hall–Kier alpha value is -1.66. The molecule has 0 amide bonds. The Labute approximate surface area is 152 Å². The second kappa shape index (κ2) is 8.44. The summed E-state index contributed by atoms with van der Waals surface area (Å²) in [5.41, 5.74) is 1.28. The third-order valence-corrected chi connectivity index (χ3v) is 5.89. The van der Waals surface area contributed by atoms with Gasteiger partial charge < -0.3 is 15.1 Å². The van der Waals surface area contributed by atoms with Crippen molar-refractivity contribution in [1.82, 2.24) is 10.2 Å². The molecule has 1 aliphatic rings. The van der Waals surface area contributed by atoms with Gasteiger partial charge in [-0.05, 0) is 41.5 Å². The average Bonchev–Trinajstić information content (AvgIpc) is 3.18. The van der Waals surface area contributed by atoms with Gasteiger partial charge in [0.05, 0.1) is 5.00 Å². The highest BCUT2D eigenvalue weighted by atomic mass is 32.2. The number of anilines is 1. The van der Waals surface area contributed by atoms with Crippen molar-refractivity contribution in [2.75, 3.05) is 44.4 Å². The molecular weight excluding hydrogens is 336 g/mol. The van der Waals surface area contributed by atoms with Gasteiger partial charge in [0.15, 0.2) is 5.96 Å². The maximum atomic E-state index is 4.46. The van der Waals surface area contributed by atoms with Crippen molar-refractivity contribution in [1.29, 1.82) is 0 Å². The molecule has 0 spiro atoms. The number of thioether (sulfide) groups is 1. The summed E-state index contributed by atoms with van der Waals surface area (Å²) in [7, 11) is 1.87. The molecule has 0 unspecified atom stereocenters. The van der Waals surface area contributed by atoms with E-state index in [1.54, 1.807) is 11.8 Å². The molecule has 1 aromatic carbocycles. The van der Waals surface area contributed by atoms with Gasteiger partial charge in [-0.2, -0.15) is 0 Å². The second-order valence-electron chi connectivity index (χ2n) is 5.67. The highest BCUT2D eigenvalue weighted by Gasteiger charge is 2.20. The summed E-state index contributed by atoms with van der Waals surface area (Å²) in [6.07, 6.45) is 2.10. The number of guanidine groups is 1. The number of hydrogen-bond acceptors (Lipinski definition) is 4. The molecule has 1 aliphatic heterocycles. The Morgan fingerprint density at radius 2 is 1.92 bits per heavy atom. The minimum atomic E-state index is 0.812. The zero-order valence-corrected chi connectivity index (χ0v) is 15.9. The summed E-state index contributed by atoms with van der Waals surface area (Å²) in [6, 6.07) is 13.0. The summed E-state index contributed by atoms with van der Waals surface area (Å²) in [5.74, 6) is 0.995. The lowest BCUT2D eigenvalue weighted by Crippen LogP contribution is -2.52. The molecule has 0 atom stereocenters. The van der Waals surface area contributed by atoms with Crippen LogP contribution in [0.15, 0.2) is 51.7 Å². The van der Waals surface area contributed by atoms with Crippen LogP contribution in [0.1, 0.15) is 5.56 Å². The first-order valence-corrected chi connectivity index (χ1v) is 10.3. The first kappa shape index (κ1) is 17.2. The molecule has 2 heterocycles. The van der Waals surface area contributed by atoms with Crippen LogP contribution in [0.3, 0.4) is 0 Å². The van der Waals surface area contributed by atoms with Crippen molar-refractivity contribution in [3.8, 4) is 0 Å². The van der Waals surface area contributed by atoms with Crippen LogP contribution in [0.5, 0.6) is 0 Å². The minimum absolute atomic E-state index is 0.812. The monoisotopic (exact) mass is 360 g/mol. The summed E-state index contributed by atoms with van der Waals surface area (Å²) < 4.78 is 0. The van der Waals surface area contributed by atoms with Gasteiger partial charge in [-0.25, -0.2) is 0 Å². The van der Waals surface area contributed by atoms with Gasteiger partial charge in [-0.15, -0.1) is 23.1 Å². The number of aliphatic imine (C=N–C) groups is 1.